The van der Waals surface area contributed by atoms with Gasteiger partial charge in [-0.05, 0) is 41.7 Å². The standard InChI is InChI=1S/C30H26O2/c1-19-18-24(21-12-6-4-7-13-21)23-16-10-11-17-25(23)30(3)27(28(19)31)20(2)26(29(30)32)22-14-8-5-9-15-22/h4-19,27H,1-3H3/b24-18-/t19-,27-,30+/m0/s1. The van der Waals surface area contributed by atoms with Crippen molar-refractivity contribution in [1.82, 2.24) is 0 Å². The molecule has 0 spiro atoms. The van der Waals surface area contributed by atoms with Crippen molar-refractivity contribution in [1.29, 1.82) is 0 Å². The lowest BCUT2D eigenvalue weighted by molar-refractivity contribution is -0.129. The van der Waals surface area contributed by atoms with Crippen molar-refractivity contribution in [2.24, 2.45) is 11.8 Å². The zero-order chi connectivity index (χ0) is 22.5. The van der Waals surface area contributed by atoms with Gasteiger partial charge in [-0.2, -0.15) is 0 Å². The van der Waals surface area contributed by atoms with Gasteiger partial charge in [0.15, 0.2) is 5.78 Å². The molecule has 32 heavy (non-hydrogen) atoms. The molecule has 0 N–H and O–H groups in total. The fourth-order valence-corrected chi connectivity index (χ4v) is 5.61. The van der Waals surface area contributed by atoms with Gasteiger partial charge in [-0.3, -0.25) is 9.59 Å². The molecule has 5 rings (SSSR count). The van der Waals surface area contributed by atoms with Gasteiger partial charge in [0.25, 0.3) is 0 Å². The molecule has 0 saturated heterocycles. The first kappa shape index (κ1) is 20.4. The van der Waals surface area contributed by atoms with Gasteiger partial charge in [0.05, 0.1) is 11.3 Å². The Morgan fingerprint density at radius 2 is 1.31 bits per heavy atom. The third-order valence-corrected chi connectivity index (χ3v) is 7.18. The monoisotopic (exact) mass is 418 g/mol. The second-order valence-corrected chi connectivity index (χ2v) is 9.07. The summed E-state index contributed by atoms with van der Waals surface area (Å²) >= 11 is 0. The van der Waals surface area contributed by atoms with Crippen LogP contribution in [0, 0.1) is 11.8 Å². The number of carbonyl (C=O) groups excluding carboxylic acids is 2. The maximum Gasteiger partial charge on any atom is 0.174 e. The van der Waals surface area contributed by atoms with E-state index >= 15 is 0 Å². The predicted octanol–water partition coefficient (Wildman–Crippen LogP) is 6.27. The highest BCUT2D eigenvalue weighted by Gasteiger charge is 2.56. The van der Waals surface area contributed by atoms with Crippen LogP contribution in [0.25, 0.3) is 11.1 Å². The molecule has 0 unspecified atom stereocenters. The summed E-state index contributed by atoms with van der Waals surface area (Å²) in [7, 11) is 0. The number of benzene rings is 3. The van der Waals surface area contributed by atoms with Gasteiger partial charge >= 0.3 is 0 Å². The Balaban J connectivity index is 1.80. The molecular weight excluding hydrogens is 392 g/mol. The molecule has 0 fully saturated rings. The first-order valence-corrected chi connectivity index (χ1v) is 11.2. The van der Waals surface area contributed by atoms with Gasteiger partial charge in [-0.15, -0.1) is 0 Å². The topological polar surface area (TPSA) is 34.1 Å². The minimum Gasteiger partial charge on any atom is -0.298 e. The molecule has 2 aliphatic carbocycles. The van der Waals surface area contributed by atoms with Crippen LogP contribution in [0.1, 0.15) is 43.0 Å². The molecule has 0 radical (unpaired) electrons. The normalized spacial score (nSPS) is 26.7. The summed E-state index contributed by atoms with van der Waals surface area (Å²) in [6.07, 6.45) is 2.08. The van der Waals surface area contributed by atoms with Crippen LogP contribution in [0.4, 0.5) is 0 Å². The molecule has 0 aliphatic heterocycles. The van der Waals surface area contributed by atoms with Gasteiger partial charge in [0.1, 0.15) is 5.78 Å². The second kappa shape index (κ2) is 7.56. The maximum absolute atomic E-state index is 14.2. The highest BCUT2D eigenvalue weighted by Crippen LogP contribution is 2.53. The summed E-state index contributed by atoms with van der Waals surface area (Å²) in [5, 5.41) is 0. The highest BCUT2D eigenvalue weighted by atomic mass is 16.1. The zero-order valence-electron chi connectivity index (χ0n) is 18.6. The Kier molecular flexibility index (Phi) is 4.82. The van der Waals surface area contributed by atoms with Gasteiger partial charge < -0.3 is 0 Å². The molecular formula is C30H26O2. The number of hydrogen-bond acceptors (Lipinski definition) is 2. The van der Waals surface area contributed by atoms with E-state index < -0.39 is 11.3 Å². The van der Waals surface area contributed by atoms with Crippen molar-refractivity contribution in [2.75, 3.05) is 0 Å². The first-order chi connectivity index (χ1) is 15.4. The number of rotatable bonds is 2. The van der Waals surface area contributed by atoms with Crippen LogP contribution >= 0.6 is 0 Å². The van der Waals surface area contributed by atoms with Crippen molar-refractivity contribution in [3.63, 3.8) is 0 Å². The van der Waals surface area contributed by atoms with Gasteiger partial charge in [-0.25, -0.2) is 0 Å². The van der Waals surface area contributed by atoms with Crippen molar-refractivity contribution < 1.29 is 9.59 Å². The molecule has 0 aromatic heterocycles. The number of carbonyl (C=O) groups is 2. The summed E-state index contributed by atoms with van der Waals surface area (Å²) in [5.74, 6) is -0.642. The molecule has 0 heterocycles. The van der Waals surface area contributed by atoms with E-state index in [4.69, 9.17) is 0 Å². The number of hydrogen-bond donors (Lipinski definition) is 0. The number of Topliss-reactive ketones (excluding diaryl/α,β-unsaturated/α-hetero) is 2. The van der Waals surface area contributed by atoms with Crippen LogP contribution in [-0.4, -0.2) is 11.6 Å². The van der Waals surface area contributed by atoms with Crippen LogP contribution in [0.3, 0.4) is 0 Å². The molecule has 2 heteroatoms. The summed E-state index contributed by atoms with van der Waals surface area (Å²) in [6, 6.07) is 28.0. The van der Waals surface area contributed by atoms with E-state index in [1.54, 1.807) is 0 Å². The summed E-state index contributed by atoms with van der Waals surface area (Å²) < 4.78 is 0. The average Bonchev–Trinajstić information content (AvgIpc) is 3.02. The van der Waals surface area contributed by atoms with Crippen LogP contribution in [-0.2, 0) is 15.0 Å². The summed E-state index contributed by atoms with van der Waals surface area (Å²) in [4.78, 5) is 28.0. The van der Waals surface area contributed by atoms with Crippen LogP contribution in [0.5, 0.6) is 0 Å². The fourth-order valence-electron chi connectivity index (χ4n) is 5.61. The highest BCUT2D eigenvalue weighted by molar-refractivity contribution is 6.31. The molecule has 0 bridgehead atoms. The van der Waals surface area contributed by atoms with E-state index in [1.165, 1.54) is 0 Å². The lowest BCUT2D eigenvalue weighted by Crippen LogP contribution is -2.43. The van der Waals surface area contributed by atoms with E-state index in [2.05, 4.69) is 24.3 Å². The number of allylic oxidation sites excluding steroid dienone is 3. The Hall–Kier alpha value is -3.52. The van der Waals surface area contributed by atoms with Crippen molar-refractivity contribution in [2.45, 2.75) is 26.2 Å². The third-order valence-electron chi connectivity index (χ3n) is 7.18. The Labute approximate surface area is 189 Å². The SMILES string of the molecule is CC1=C(c2ccccc2)C(=O)[C@]2(C)c3ccccc3/C(c3ccccc3)=C\[C@H](C)C(=O)[C@H]12. The molecule has 0 saturated carbocycles. The minimum atomic E-state index is -0.939. The molecule has 0 amide bonds. The lowest BCUT2D eigenvalue weighted by Gasteiger charge is -2.36. The smallest absolute Gasteiger partial charge is 0.174 e. The average molecular weight is 419 g/mol. The van der Waals surface area contributed by atoms with Crippen molar-refractivity contribution in [3.05, 3.63) is 119 Å². The molecule has 158 valence electrons. The number of fused-ring (bicyclic) bond motifs is 3. The molecule has 3 atom stereocenters. The third kappa shape index (κ3) is 2.86. The zero-order valence-corrected chi connectivity index (χ0v) is 18.6. The Morgan fingerprint density at radius 3 is 1.97 bits per heavy atom. The van der Waals surface area contributed by atoms with E-state index in [1.807, 2.05) is 87.5 Å². The Bertz CT molecular complexity index is 1280. The van der Waals surface area contributed by atoms with Crippen LogP contribution in [0.2, 0.25) is 0 Å². The second-order valence-electron chi connectivity index (χ2n) is 9.07. The van der Waals surface area contributed by atoms with E-state index in [0.717, 1.165) is 33.4 Å². The fraction of sp³-hybridized carbons (Fsp3) is 0.200. The van der Waals surface area contributed by atoms with E-state index in [0.29, 0.717) is 5.57 Å². The lowest BCUT2D eigenvalue weighted by atomic mass is 9.64. The van der Waals surface area contributed by atoms with Gasteiger partial charge in [0.2, 0.25) is 0 Å². The summed E-state index contributed by atoms with van der Waals surface area (Å²) in [5.41, 5.74) is 5.54. The molecule has 2 aliphatic rings. The van der Waals surface area contributed by atoms with Crippen molar-refractivity contribution >= 4 is 22.7 Å². The van der Waals surface area contributed by atoms with E-state index in [9.17, 15) is 9.59 Å². The minimum absolute atomic E-state index is 0.0357. The molecule has 2 nitrogen and oxygen atoms in total. The largest absolute Gasteiger partial charge is 0.298 e. The quantitative estimate of drug-likeness (QED) is 0.492. The number of ketones is 2. The maximum atomic E-state index is 14.2. The van der Waals surface area contributed by atoms with Gasteiger partial charge in [-0.1, -0.05) is 104 Å². The molecule has 3 aromatic carbocycles. The predicted molar refractivity (Wildman–Crippen MR) is 129 cm³/mol. The Morgan fingerprint density at radius 1 is 0.750 bits per heavy atom. The van der Waals surface area contributed by atoms with Gasteiger partial charge in [0, 0.05) is 11.5 Å². The van der Waals surface area contributed by atoms with Crippen LogP contribution < -0.4 is 0 Å². The summed E-state index contributed by atoms with van der Waals surface area (Å²) in [6.45, 7) is 5.89. The van der Waals surface area contributed by atoms with E-state index in [-0.39, 0.29) is 17.5 Å². The van der Waals surface area contributed by atoms with Crippen LogP contribution in [0.15, 0.2) is 96.6 Å². The molecule has 3 aromatic rings. The van der Waals surface area contributed by atoms with Crippen molar-refractivity contribution in [3.8, 4) is 0 Å². The first-order valence-electron chi connectivity index (χ1n) is 11.2.